The number of fused-ring (bicyclic) bond motifs is 6. The Morgan fingerprint density at radius 1 is 0.368 bits per heavy atom. The highest BCUT2D eigenvalue weighted by molar-refractivity contribution is 6.12. The third-order valence-corrected chi connectivity index (χ3v) is 13.7. The zero-order valence-corrected chi connectivity index (χ0v) is 41.0. The number of benzene rings is 7. The molecule has 0 spiro atoms. The average molecular weight is 903 g/mol. The van der Waals surface area contributed by atoms with Crippen molar-refractivity contribution in [2.75, 3.05) is 0 Å². The van der Waals surface area contributed by atoms with Gasteiger partial charge in [-0.3, -0.25) is 0 Å². The van der Waals surface area contributed by atoms with Gasteiger partial charge in [-0.2, -0.15) is 23.7 Å². The van der Waals surface area contributed by atoms with Crippen LogP contribution in [0.2, 0.25) is 0 Å². The molecule has 9 aromatic rings. The smallest absolute Gasteiger partial charge is 0.309 e. The topological polar surface area (TPSA) is 57.4 Å². The number of rotatable bonds is 4. The summed E-state index contributed by atoms with van der Waals surface area (Å²) < 4.78 is 49.6. The molecule has 0 bridgehead atoms. The van der Waals surface area contributed by atoms with Crippen molar-refractivity contribution in [2.24, 2.45) is 0 Å². The van der Waals surface area contributed by atoms with Gasteiger partial charge in [0.1, 0.15) is 0 Å². The van der Waals surface area contributed by atoms with Crippen molar-refractivity contribution in [3.8, 4) is 45.8 Å². The van der Waals surface area contributed by atoms with Gasteiger partial charge in [0, 0.05) is 32.7 Å². The average Bonchev–Trinajstić information content (AvgIpc) is 3.78. The zero-order valence-electron chi connectivity index (χ0n) is 41.0. The first-order valence-electron chi connectivity index (χ1n) is 23.3. The summed E-state index contributed by atoms with van der Waals surface area (Å²) in [5, 5.41) is 24.5. The van der Waals surface area contributed by atoms with E-state index in [0.29, 0.717) is 16.7 Å². The first-order valence-corrected chi connectivity index (χ1v) is 23.3. The summed E-state index contributed by atoms with van der Waals surface area (Å²) in [5.74, 6) is 0. The summed E-state index contributed by atoms with van der Waals surface area (Å²) in [6.45, 7) is 26.5. The summed E-state index contributed by atoms with van der Waals surface area (Å²) in [7, 11) is 0. The Morgan fingerprint density at radius 3 is 1.10 bits per heavy atom. The molecule has 0 aliphatic heterocycles. The van der Waals surface area contributed by atoms with Crippen LogP contribution in [-0.4, -0.2) is 9.13 Å². The van der Waals surface area contributed by atoms with Gasteiger partial charge in [-0.1, -0.05) is 126 Å². The molecule has 0 unspecified atom stereocenters. The Hall–Kier alpha value is -7.09. The SMILES string of the molecule is CC(C)(C)c1ccc2c(c1)c1cc(C(C)(C)C)ccc1n2-c1ccc(-c2ccc(C#N)cc2C(F)(F)F)cc1-c1ccc(C#N)cc1-n1c2ccc(C(C)(C)C)cc2c2cc(C(C)(C)C)ccc21. The van der Waals surface area contributed by atoms with Crippen LogP contribution < -0.4 is 0 Å². The monoisotopic (exact) mass is 902 g/mol. The molecule has 0 aliphatic rings. The van der Waals surface area contributed by atoms with E-state index in [1.54, 1.807) is 12.1 Å². The van der Waals surface area contributed by atoms with Gasteiger partial charge in [-0.15, -0.1) is 0 Å². The highest BCUT2D eigenvalue weighted by Gasteiger charge is 2.35. The molecule has 0 fully saturated rings. The van der Waals surface area contributed by atoms with Crippen molar-refractivity contribution in [3.63, 3.8) is 0 Å². The van der Waals surface area contributed by atoms with Crippen molar-refractivity contribution in [2.45, 2.75) is 111 Å². The largest absolute Gasteiger partial charge is 0.417 e. The molecule has 7 aromatic carbocycles. The molecule has 0 saturated carbocycles. The number of alkyl halides is 3. The second kappa shape index (κ2) is 15.7. The summed E-state index contributed by atoms with van der Waals surface area (Å²) in [6.07, 6.45) is -4.73. The summed E-state index contributed by atoms with van der Waals surface area (Å²) in [4.78, 5) is 0. The van der Waals surface area contributed by atoms with Gasteiger partial charge in [-0.05, 0) is 140 Å². The van der Waals surface area contributed by atoms with Gasteiger partial charge in [0.15, 0.2) is 0 Å². The van der Waals surface area contributed by atoms with E-state index in [4.69, 9.17) is 0 Å². The van der Waals surface area contributed by atoms with Crippen LogP contribution in [0.4, 0.5) is 13.2 Å². The van der Waals surface area contributed by atoms with Crippen molar-refractivity contribution < 1.29 is 13.2 Å². The fourth-order valence-corrected chi connectivity index (χ4v) is 9.66. The molecular weight excluding hydrogens is 846 g/mol. The predicted octanol–water partition coefficient (Wildman–Crippen LogP) is 17.2. The molecule has 2 heterocycles. The number of halogens is 3. The second-order valence-corrected chi connectivity index (χ2v) is 22.5. The van der Waals surface area contributed by atoms with Crippen LogP contribution in [0.15, 0.2) is 127 Å². The minimum Gasteiger partial charge on any atom is -0.309 e. The van der Waals surface area contributed by atoms with Gasteiger partial charge >= 0.3 is 6.18 Å². The Balaban J connectivity index is 1.45. The molecule has 0 atom stereocenters. The molecule has 0 radical (unpaired) electrons. The van der Waals surface area contributed by atoms with Crippen molar-refractivity contribution in [1.82, 2.24) is 9.13 Å². The van der Waals surface area contributed by atoms with E-state index in [9.17, 15) is 10.5 Å². The fraction of sp³-hybridized carbons (Fsp3) is 0.279. The molecule has 0 amide bonds. The molecule has 0 N–H and O–H groups in total. The molecule has 2 aromatic heterocycles. The minimum absolute atomic E-state index is 0.0346. The lowest BCUT2D eigenvalue weighted by Crippen LogP contribution is -2.10. The van der Waals surface area contributed by atoms with E-state index >= 15 is 13.2 Å². The number of nitriles is 2. The van der Waals surface area contributed by atoms with Crippen molar-refractivity contribution in [1.29, 1.82) is 10.5 Å². The summed E-state index contributed by atoms with van der Waals surface area (Å²) >= 11 is 0. The normalized spacial score (nSPS) is 12.9. The second-order valence-electron chi connectivity index (χ2n) is 22.5. The lowest BCUT2D eigenvalue weighted by Gasteiger charge is -2.22. The molecule has 7 heteroatoms. The maximum Gasteiger partial charge on any atom is 0.417 e. The Bertz CT molecular complexity index is 3470. The number of aromatic nitrogens is 2. The van der Waals surface area contributed by atoms with E-state index < -0.39 is 11.7 Å². The molecule has 9 rings (SSSR count). The van der Waals surface area contributed by atoms with E-state index in [1.807, 2.05) is 30.3 Å². The molecule has 68 heavy (non-hydrogen) atoms. The Labute approximate surface area is 397 Å². The van der Waals surface area contributed by atoms with Crippen LogP contribution in [0.5, 0.6) is 0 Å². The molecule has 342 valence electrons. The lowest BCUT2D eigenvalue weighted by atomic mass is 9.85. The zero-order chi connectivity index (χ0) is 49.0. The van der Waals surface area contributed by atoms with Crippen molar-refractivity contribution >= 4 is 43.6 Å². The Kier molecular flexibility index (Phi) is 10.7. The lowest BCUT2D eigenvalue weighted by molar-refractivity contribution is -0.137. The highest BCUT2D eigenvalue weighted by Crippen LogP contribution is 2.46. The Morgan fingerprint density at radius 2 is 0.735 bits per heavy atom. The number of hydrogen-bond donors (Lipinski definition) is 0. The maximum absolute atomic E-state index is 15.0. The van der Waals surface area contributed by atoms with Gasteiger partial charge in [0.2, 0.25) is 0 Å². The van der Waals surface area contributed by atoms with Crippen LogP contribution in [0, 0.1) is 22.7 Å². The maximum atomic E-state index is 15.0. The first kappa shape index (κ1) is 46.0. The van der Waals surface area contributed by atoms with E-state index in [1.165, 1.54) is 34.4 Å². The predicted molar refractivity (Wildman–Crippen MR) is 275 cm³/mol. The van der Waals surface area contributed by atoms with Crippen molar-refractivity contribution in [3.05, 3.63) is 166 Å². The quantitative estimate of drug-likeness (QED) is 0.177. The van der Waals surface area contributed by atoms with Crippen LogP contribution in [0.3, 0.4) is 0 Å². The third kappa shape index (κ3) is 7.92. The van der Waals surface area contributed by atoms with Gasteiger partial charge < -0.3 is 9.13 Å². The van der Waals surface area contributed by atoms with Gasteiger partial charge in [-0.25, -0.2) is 0 Å². The number of nitrogens with zero attached hydrogens (tertiary/aromatic N) is 4. The molecule has 4 nitrogen and oxygen atoms in total. The van der Waals surface area contributed by atoms with Crippen LogP contribution >= 0.6 is 0 Å². The van der Waals surface area contributed by atoms with Crippen LogP contribution in [0.1, 0.15) is 122 Å². The van der Waals surface area contributed by atoms with E-state index in [2.05, 4.69) is 171 Å². The van der Waals surface area contributed by atoms with E-state index in [0.717, 1.165) is 66.6 Å². The highest BCUT2D eigenvalue weighted by atomic mass is 19.4. The van der Waals surface area contributed by atoms with Crippen LogP contribution in [-0.2, 0) is 27.8 Å². The number of hydrogen-bond acceptors (Lipinski definition) is 2. The standard InChI is InChI=1S/C61H57F3N4/c1-57(2,3)39-16-23-52-46(30-39)47-31-40(58(4,5)6)17-24-53(47)67(52)51-22-15-38(43-20-13-36(34-65)27-50(43)61(62,63)64)29-45(51)44-21-14-37(35-66)28-56(44)68-54-25-18-41(59(7,8)9)32-48(54)49-33-42(60(10,11)12)19-26-55(49)68/h13-33H,1-12H3. The van der Waals surface area contributed by atoms with Gasteiger partial charge in [0.05, 0.1) is 62.3 Å². The fourth-order valence-electron chi connectivity index (χ4n) is 9.66. The minimum atomic E-state index is -4.73. The summed E-state index contributed by atoms with van der Waals surface area (Å²) in [5.41, 5.74) is 10.7. The molecule has 0 aliphatic carbocycles. The van der Waals surface area contributed by atoms with E-state index in [-0.39, 0.29) is 32.8 Å². The van der Waals surface area contributed by atoms with Crippen LogP contribution in [0.25, 0.3) is 77.2 Å². The molecule has 0 saturated heterocycles. The van der Waals surface area contributed by atoms with Gasteiger partial charge in [0.25, 0.3) is 0 Å². The summed E-state index contributed by atoms with van der Waals surface area (Å²) in [6, 6.07) is 45.7. The first-order chi connectivity index (χ1) is 31.8. The third-order valence-electron chi connectivity index (χ3n) is 13.7. The molecular formula is C61H57F3N4.